The van der Waals surface area contributed by atoms with Crippen LogP contribution in [0.2, 0.25) is 5.02 Å². The summed E-state index contributed by atoms with van der Waals surface area (Å²) < 4.78 is 53.0. The van der Waals surface area contributed by atoms with Gasteiger partial charge in [0.25, 0.3) is 20.0 Å². The van der Waals surface area contributed by atoms with Gasteiger partial charge in [0.15, 0.2) is 0 Å². The molecule has 0 fully saturated rings. The Morgan fingerprint density at radius 3 is 2.63 bits per heavy atom. The smallest absolute Gasteiger partial charge is 0.286 e. The van der Waals surface area contributed by atoms with Crippen LogP contribution in [0.3, 0.4) is 0 Å². The molecule has 0 radical (unpaired) electrons. The maximum Gasteiger partial charge on any atom is 0.286 e. The number of anilines is 1. The number of nitrogens with one attached hydrogen (secondary N) is 3. The Morgan fingerprint density at radius 2 is 1.89 bits per heavy atom. The summed E-state index contributed by atoms with van der Waals surface area (Å²) in [6.07, 6.45) is 5.66. The zero-order valence-corrected chi connectivity index (χ0v) is 15.7. The molecule has 140 valence electrons. The van der Waals surface area contributed by atoms with Crippen LogP contribution in [0.15, 0.2) is 59.0 Å². The number of halogens is 1. The Hall–Kier alpha value is -2.83. The molecule has 3 aromatic heterocycles. The lowest BCUT2D eigenvalue weighted by molar-refractivity contribution is 0.580. The minimum Gasteiger partial charge on any atom is -0.358 e. The lowest BCUT2D eigenvalue weighted by Crippen LogP contribution is -2.14. The average molecular weight is 427 g/mol. The Balaban J connectivity index is 1.70. The number of aromatic nitrogens is 5. The molecule has 0 aliphatic heterocycles. The highest BCUT2D eigenvalue weighted by molar-refractivity contribution is 7.93. The second kappa shape index (κ2) is 6.11. The SMILES string of the molecule is O=S(=O)(Nc1cccc2c(Cl)c[nH]c12)c1cnn(S(=O)(=O)c2cn[nH]c2)c1. The van der Waals surface area contributed by atoms with Crippen LogP contribution in [0.25, 0.3) is 10.9 Å². The summed E-state index contributed by atoms with van der Waals surface area (Å²) in [6.45, 7) is 0. The van der Waals surface area contributed by atoms with Gasteiger partial charge in [0, 0.05) is 17.8 Å². The lowest BCUT2D eigenvalue weighted by atomic mass is 10.2. The number of benzene rings is 1. The average Bonchev–Trinajstić information content (AvgIpc) is 3.37. The van der Waals surface area contributed by atoms with E-state index in [4.69, 9.17) is 11.6 Å². The van der Waals surface area contributed by atoms with E-state index in [2.05, 4.69) is 25.0 Å². The van der Waals surface area contributed by atoms with E-state index in [9.17, 15) is 16.8 Å². The van der Waals surface area contributed by atoms with E-state index >= 15 is 0 Å². The van der Waals surface area contributed by atoms with E-state index in [1.165, 1.54) is 6.20 Å². The quantitative estimate of drug-likeness (QED) is 0.444. The number of aromatic amines is 2. The van der Waals surface area contributed by atoms with E-state index in [-0.39, 0.29) is 15.5 Å². The molecule has 13 heteroatoms. The number of nitrogens with zero attached hydrogens (tertiary/aromatic N) is 3. The molecule has 0 unspecified atom stereocenters. The molecule has 1 aromatic carbocycles. The van der Waals surface area contributed by atoms with Crippen molar-refractivity contribution in [2.24, 2.45) is 0 Å². The van der Waals surface area contributed by atoms with Gasteiger partial charge < -0.3 is 4.98 Å². The van der Waals surface area contributed by atoms with Crippen molar-refractivity contribution in [2.45, 2.75) is 9.79 Å². The molecule has 4 aromatic rings. The van der Waals surface area contributed by atoms with E-state index in [1.54, 1.807) is 24.4 Å². The minimum absolute atomic E-state index is 0.145. The van der Waals surface area contributed by atoms with Gasteiger partial charge in [0.1, 0.15) is 9.79 Å². The van der Waals surface area contributed by atoms with Crippen molar-refractivity contribution in [3.8, 4) is 0 Å². The number of rotatable bonds is 5. The first kappa shape index (κ1) is 17.6. The molecule has 3 N–H and O–H groups in total. The largest absolute Gasteiger partial charge is 0.358 e. The molecule has 4 rings (SSSR count). The second-order valence-corrected chi connectivity index (χ2v) is 9.34. The van der Waals surface area contributed by atoms with E-state index in [0.717, 1.165) is 18.6 Å². The van der Waals surface area contributed by atoms with Crippen LogP contribution in [-0.2, 0) is 20.0 Å². The molecule has 27 heavy (non-hydrogen) atoms. The molecule has 0 saturated heterocycles. The van der Waals surface area contributed by atoms with Crippen LogP contribution in [0.5, 0.6) is 0 Å². The number of fused-ring (bicyclic) bond motifs is 1. The maximum absolute atomic E-state index is 12.7. The Labute approximate surface area is 158 Å². The molecule has 0 spiro atoms. The number of hydrogen-bond acceptors (Lipinski definition) is 6. The number of H-pyrrole nitrogens is 2. The molecule has 0 saturated carbocycles. The number of sulfonamides is 1. The molecular weight excluding hydrogens is 416 g/mol. The van der Waals surface area contributed by atoms with Crippen molar-refractivity contribution in [2.75, 3.05) is 4.72 Å². The van der Waals surface area contributed by atoms with Gasteiger partial charge in [-0.25, -0.2) is 8.42 Å². The van der Waals surface area contributed by atoms with Crippen molar-refractivity contribution < 1.29 is 16.8 Å². The number of hydrogen-bond donors (Lipinski definition) is 3. The summed E-state index contributed by atoms with van der Waals surface area (Å²) in [4.78, 5) is 2.43. The first-order valence-corrected chi connectivity index (χ1v) is 10.7. The van der Waals surface area contributed by atoms with Crippen molar-refractivity contribution in [3.05, 3.63) is 54.2 Å². The molecule has 3 heterocycles. The van der Waals surface area contributed by atoms with E-state index in [1.807, 2.05) is 0 Å². The second-order valence-electron chi connectivity index (χ2n) is 5.46. The fourth-order valence-corrected chi connectivity index (χ4v) is 4.76. The van der Waals surface area contributed by atoms with Crippen LogP contribution in [0, 0.1) is 0 Å². The highest BCUT2D eigenvalue weighted by Gasteiger charge is 2.24. The van der Waals surface area contributed by atoms with Crippen molar-refractivity contribution in [1.29, 1.82) is 0 Å². The predicted molar refractivity (Wildman–Crippen MR) is 97.5 cm³/mol. The van der Waals surface area contributed by atoms with Crippen LogP contribution in [0.1, 0.15) is 0 Å². The summed E-state index contributed by atoms with van der Waals surface area (Å²) >= 11 is 6.04. The predicted octanol–water partition coefficient (Wildman–Crippen LogP) is 1.78. The molecule has 0 aliphatic carbocycles. The lowest BCUT2D eigenvalue weighted by Gasteiger charge is -2.07. The summed E-state index contributed by atoms with van der Waals surface area (Å²) in [6, 6.07) is 4.94. The molecule has 10 nitrogen and oxygen atoms in total. The molecule has 0 bridgehead atoms. The van der Waals surface area contributed by atoms with Crippen LogP contribution in [-0.4, -0.2) is 41.2 Å². The van der Waals surface area contributed by atoms with Gasteiger partial charge in [-0.2, -0.15) is 22.7 Å². The summed E-state index contributed by atoms with van der Waals surface area (Å²) in [5, 5.41) is 10.7. The summed E-state index contributed by atoms with van der Waals surface area (Å²) in [5.74, 6) is 0. The van der Waals surface area contributed by atoms with Gasteiger partial charge in [-0.1, -0.05) is 23.7 Å². The topological polar surface area (TPSA) is 143 Å². The van der Waals surface area contributed by atoms with Gasteiger partial charge in [-0.05, 0) is 6.07 Å². The van der Waals surface area contributed by atoms with Gasteiger partial charge in [-0.3, -0.25) is 9.82 Å². The van der Waals surface area contributed by atoms with Gasteiger partial charge in [0.2, 0.25) is 0 Å². The maximum atomic E-state index is 12.7. The zero-order valence-electron chi connectivity index (χ0n) is 13.3. The highest BCUT2D eigenvalue weighted by Crippen LogP contribution is 2.29. The van der Waals surface area contributed by atoms with Gasteiger partial charge in [0.05, 0.1) is 34.8 Å². The third kappa shape index (κ3) is 2.97. The first-order valence-electron chi connectivity index (χ1n) is 7.36. The highest BCUT2D eigenvalue weighted by atomic mass is 35.5. The normalized spacial score (nSPS) is 12.5. The molecular formula is C14H11ClN6O4S2. The monoisotopic (exact) mass is 426 g/mol. The zero-order chi connectivity index (χ0) is 19.2. The fourth-order valence-electron chi connectivity index (χ4n) is 2.46. The summed E-state index contributed by atoms with van der Waals surface area (Å²) in [5.41, 5.74) is 0.773. The third-order valence-corrected chi connectivity index (χ3v) is 6.92. The Bertz CT molecular complexity index is 1340. The molecule has 0 atom stereocenters. The van der Waals surface area contributed by atoms with E-state index in [0.29, 0.717) is 20.0 Å². The van der Waals surface area contributed by atoms with Crippen LogP contribution < -0.4 is 4.72 Å². The summed E-state index contributed by atoms with van der Waals surface area (Å²) in [7, 11) is -8.13. The van der Waals surface area contributed by atoms with Crippen LogP contribution in [0.4, 0.5) is 5.69 Å². The molecule has 0 amide bonds. The minimum atomic E-state index is -4.09. The van der Waals surface area contributed by atoms with Crippen LogP contribution >= 0.6 is 11.6 Å². The Morgan fingerprint density at radius 1 is 1.07 bits per heavy atom. The third-order valence-electron chi connectivity index (χ3n) is 3.77. The Kier molecular flexibility index (Phi) is 3.98. The fraction of sp³-hybridized carbons (Fsp3) is 0. The van der Waals surface area contributed by atoms with Gasteiger partial charge >= 0.3 is 0 Å². The van der Waals surface area contributed by atoms with Gasteiger partial charge in [-0.15, -0.1) is 0 Å². The number of para-hydroxylation sites is 1. The van der Waals surface area contributed by atoms with Crippen molar-refractivity contribution in [3.63, 3.8) is 0 Å². The molecule has 0 aliphatic rings. The van der Waals surface area contributed by atoms with E-state index < -0.39 is 20.0 Å². The first-order chi connectivity index (χ1) is 12.8. The van der Waals surface area contributed by atoms with Crippen molar-refractivity contribution >= 4 is 48.2 Å². The van der Waals surface area contributed by atoms with Crippen molar-refractivity contribution in [1.82, 2.24) is 24.4 Å². The standard InChI is InChI=1S/C14H11ClN6O4S2/c15-12-7-16-14-11(12)2-1-3-13(14)20-26(22,23)10-6-19-21(8-10)27(24,25)9-4-17-18-5-9/h1-8,16,20H,(H,17,18).